The number of rotatable bonds is 4. The van der Waals surface area contributed by atoms with E-state index >= 15 is 0 Å². The van der Waals surface area contributed by atoms with Crippen LogP contribution < -0.4 is 20.1 Å². The van der Waals surface area contributed by atoms with Crippen LogP contribution in [-0.4, -0.2) is 33.0 Å². The van der Waals surface area contributed by atoms with E-state index in [2.05, 4.69) is 26.2 Å². The van der Waals surface area contributed by atoms with Crippen molar-refractivity contribution >= 4 is 11.7 Å². The summed E-state index contributed by atoms with van der Waals surface area (Å²) in [6, 6.07) is 10.8. The molecule has 1 aliphatic heterocycles. The van der Waals surface area contributed by atoms with Gasteiger partial charge in [0.15, 0.2) is 17.3 Å². The number of aromatic nitrogens is 4. The predicted molar refractivity (Wildman–Crippen MR) is 97.1 cm³/mol. The number of fused-ring (bicyclic) bond motifs is 1. The molecule has 2 heterocycles. The molecule has 0 saturated heterocycles. The first-order chi connectivity index (χ1) is 13.1. The van der Waals surface area contributed by atoms with Crippen molar-refractivity contribution in [2.24, 2.45) is 0 Å². The van der Waals surface area contributed by atoms with Gasteiger partial charge in [-0.1, -0.05) is 6.07 Å². The average molecular weight is 366 g/mol. The lowest BCUT2D eigenvalue weighted by Crippen LogP contribution is -2.29. The molecule has 2 N–H and O–H groups in total. The van der Waals surface area contributed by atoms with Crippen LogP contribution in [0.4, 0.5) is 10.5 Å². The van der Waals surface area contributed by atoms with Crippen LogP contribution in [0, 0.1) is 13.8 Å². The Kier molecular flexibility index (Phi) is 4.33. The number of nitrogens with zero attached hydrogens (tertiary/aromatic N) is 4. The smallest absolute Gasteiger partial charge is 0.319 e. The van der Waals surface area contributed by atoms with Gasteiger partial charge in [0.25, 0.3) is 0 Å². The van der Waals surface area contributed by atoms with Gasteiger partial charge in [0.1, 0.15) is 0 Å². The van der Waals surface area contributed by atoms with Crippen LogP contribution >= 0.6 is 0 Å². The van der Waals surface area contributed by atoms with Gasteiger partial charge in [-0.15, -0.1) is 5.10 Å². The van der Waals surface area contributed by atoms with Crippen LogP contribution in [0.25, 0.3) is 5.69 Å². The van der Waals surface area contributed by atoms with E-state index in [1.165, 1.54) is 5.56 Å². The van der Waals surface area contributed by atoms with Crippen LogP contribution in [0.1, 0.15) is 17.0 Å². The summed E-state index contributed by atoms with van der Waals surface area (Å²) in [5.74, 6) is 1.79. The van der Waals surface area contributed by atoms with E-state index in [1.54, 1.807) is 22.9 Å². The third-order valence-corrected chi connectivity index (χ3v) is 4.31. The molecule has 3 aromatic rings. The Bertz CT molecular complexity index is 1000. The molecular formula is C18H18N6O3. The molecule has 0 fully saturated rings. The van der Waals surface area contributed by atoms with E-state index in [-0.39, 0.29) is 19.4 Å². The zero-order valence-corrected chi connectivity index (χ0v) is 14.9. The van der Waals surface area contributed by atoms with Crippen LogP contribution in [0.5, 0.6) is 11.5 Å². The van der Waals surface area contributed by atoms with Gasteiger partial charge in [0.05, 0.1) is 12.2 Å². The van der Waals surface area contributed by atoms with Crippen LogP contribution in [-0.2, 0) is 6.54 Å². The summed E-state index contributed by atoms with van der Waals surface area (Å²) in [6.45, 7) is 4.43. The summed E-state index contributed by atoms with van der Waals surface area (Å²) in [6.07, 6.45) is 0. The molecule has 9 heteroatoms. The van der Waals surface area contributed by atoms with Gasteiger partial charge in [0.2, 0.25) is 6.79 Å². The van der Waals surface area contributed by atoms with Crippen molar-refractivity contribution in [3.63, 3.8) is 0 Å². The molecule has 27 heavy (non-hydrogen) atoms. The fourth-order valence-electron chi connectivity index (χ4n) is 2.68. The molecule has 2 aromatic carbocycles. The molecule has 0 saturated carbocycles. The SMILES string of the molecule is Cc1ccc(-n2nnnc2CNC(=O)Nc2ccc3c(c2)OCO3)cc1C. The van der Waals surface area contributed by atoms with Gasteiger partial charge in [-0.05, 0) is 59.7 Å². The average Bonchev–Trinajstić information content (AvgIpc) is 3.31. The van der Waals surface area contributed by atoms with Gasteiger partial charge in [-0.3, -0.25) is 0 Å². The summed E-state index contributed by atoms with van der Waals surface area (Å²) in [5, 5.41) is 17.2. The highest BCUT2D eigenvalue weighted by Crippen LogP contribution is 2.34. The number of carbonyl (C=O) groups is 1. The van der Waals surface area contributed by atoms with Crippen molar-refractivity contribution in [3.8, 4) is 17.2 Å². The predicted octanol–water partition coefficient (Wildman–Crippen LogP) is 2.33. The minimum absolute atomic E-state index is 0.177. The van der Waals surface area contributed by atoms with Crippen LogP contribution in [0.3, 0.4) is 0 Å². The second-order valence-corrected chi connectivity index (χ2v) is 6.15. The van der Waals surface area contributed by atoms with E-state index in [0.29, 0.717) is 23.0 Å². The van der Waals surface area contributed by atoms with Gasteiger partial charge in [-0.2, -0.15) is 4.68 Å². The summed E-state index contributed by atoms with van der Waals surface area (Å²) in [7, 11) is 0. The number of urea groups is 1. The molecule has 1 aromatic heterocycles. The number of anilines is 1. The highest BCUT2D eigenvalue weighted by molar-refractivity contribution is 5.89. The minimum Gasteiger partial charge on any atom is -0.454 e. The van der Waals surface area contributed by atoms with E-state index in [0.717, 1.165) is 11.3 Å². The number of benzene rings is 2. The van der Waals surface area contributed by atoms with Gasteiger partial charge < -0.3 is 20.1 Å². The first-order valence-electron chi connectivity index (χ1n) is 8.39. The first kappa shape index (κ1) is 16.8. The maximum Gasteiger partial charge on any atom is 0.319 e. The molecule has 0 bridgehead atoms. The van der Waals surface area contributed by atoms with Gasteiger partial charge in [-0.25, -0.2) is 4.79 Å². The molecule has 0 spiro atoms. The highest BCUT2D eigenvalue weighted by Gasteiger charge is 2.15. The molecule has 4 rings (SSSR count). The molecule has 0 aliphatic carbocycles. The molecule has 0 unspecified atom stereocenters. The third-order valence-electron chi connectivity index (χ3n) is 4.31. The Balaban J connectivity index is 1.41. The van der Waals surface area contributed by atoms with Crippen molar-refractivity contribution < 1.29 is 14.3 Å². The van der Waals surface area contributed by atoms with Gasteiger partial charge in [0, 0.05) is 11.8 Å². The number of amides is 2. The fourth-order valence-corrected chi connectivity index (χ4v) is 2.68. The van der Waals surface area contributed by atoms with Crippen molar-refractivity contribution in [2.45, 2.75) is 20.4 Å². The Morgan fingerprint density at radius 2 is 1.96 bits per heavy atom. The van der Waals surface area contributed by atoms with E-state index < -0.39 is 0 Å². The highest BCUT2D eigenvalue weighted by atomic mass is 16.7. The Hall–Kier alpha value is -3.62. The minimum atomic E-state index is -0.372. The summed E-state index contributed by atoms with van der Waals surface area (Å²) in [4.78, 5) is 12.2. The van der Waals surface area contributed by atoms with E-state index in [1.807, 2.05) is 32.0 Å². The quantitative estimate of drug-likeness (QED) is 0.735. The number of hydrogen-bond donors (Lipinski definition) is 2. The number of carbonyl (C=O) groups excluding carboxylic acids is 1. The van der Waals surface area contributed by atoms with Gasteiger partial charge >= 0.3 is 6.03 Å². The maximum atomic E-state index is 12.2. The number of ether oxygens (including phenoxy) is 2. The number of tetrazole rings is 1. The topological polar surface area (TPSA) is 103 Å². The second kappa shape index (κ2) is 6.94. The molecule has 1 aliphatic rings. The standard InChI is InChI=1S/C18H18N6O3/c1-11-3-5-14(7-12(11)2)24-17(21-22-23-24)9-19-18(25)20-13-4-6-15-16(8-13)27-10-26-15/h3-8H,9-10H2,1-2H3,(H2,19,20,25). The summed E-state index contributed by atoms with van der Waals surface area (Å²) in [5.41, 5.74) is 3.78. The van der Waals surface area contributed by atoms with Crippen molar-refractivity contribution in [2.75, 3.05) is 12.1 Å². The summed E-state index contributed by atoms with van der Waals surface area (Å²) < 4.78 is 12.2. The first-order valence-corrected chi connectivity index (χ1v) is 8.39. The molecule has 9 nitrogen and oxygen atoms in total. The van der Waals surface area contributed by atoms with Crippen molar-refractivity contribution in [1.82, 2.24) is 25.5 Å². The zero-order valence-electron chi connectivity index (χ0n) is 14.9. The molecule has 0 atom stereocenters. The molecular weight excluding hydrogens is 348 g/mol. The molecule has 2 amide bonds. The normalized spacial score (nSPS) is 12.1. The third kappa shape index (κ3) is 3.52. The van der Waals surface area contributed by atoms with Crippen molar-refractivity contribution in [3.05, 3.63) is 53.3 Å². The summed E-state index contributed by atoms with van der Waals surface area (Å²) >= 11 is 0. The van der Waals surface area contributed by atoms with E-state index in [9.17, 15) is 4.79 Å². The van der Waals surface area contributed by atoms with Crippen LogP contribution in [0.15, 0.2) is 36.4 Å². The number of aryl methyl sites for hydroxylation is 2. The lowest BCUT2D eigenvalue weighted by atomic mass is 10.1. The van der Waals surface area contributed by atoms with Crippen molar-refractivity contribution in [1.29, 1.82) is 0 Å². The number of nitrogens with one attached hydrogen (secondary N) is 2. The number of hydrogen-bond acceptors (Lipinski definition) is 6. The lowest BCUT2D eigenvalue weighted by molar-refractivity contribution is 0.174. The lowest BCUT2D eigenvalue weighted by Gasteiger charge is -2.09. The molecule has 138 valence electrons. The molecule has 0 radical (unpaired) electrons. The Labute approximate surface area is 155 Å². The van der Waals surface area contributed by atoms with Crippen LogP contribution in [0.2, 0.25) is 0 Å². The second-order valence-electron chi connectivity index (χ2n) is 6.15. The maximum absolute atomic E-state index is 12.2. The monoisotopic (exact) mass is 366 g/mol. The fraction of sp³-hybridized carbons (Fsp3) is 0.222. The zero-order chi connectivity index (χ0) is 18.8. The Morgan fingerprint density at radius 3 is 2.81 bits per heavy atom. The Morgan fingerprint density at radius 1 is 1.11 bits per heavy atom. The van der Waals surface area contributed by atoms with E-state index in [4.69, 9.17) is 9.47 Å². The largest absolute Gasteiger partial charge is 0.454 e.